The monoisotopic (exact) mass is 285 g/mol. The first kappa shape index (κ1) is 15.0. The molecule has 1 N–H and O–H groups in total. The van der Waals surface area contributed by atoms with Gasteiger partial charge in [0, 0.05) is 6.20 Å². The van der Waals surface area contributed by atoms with Crippen molar-refractivity contribution in [3.63, 3.8) is 0 Å². The lowest BCUT2D eigenvalue weighted by molar-refractivity contribution is 0.0599. The number of nitrogens with one attached hydrogen (secondary N) is 1. The van der Waals surface area contributed by atoms with Crippen LogP contribution in [0.1, 0.15) is 34.2 Å². The summed E-state index contributed by atoms with van der Waals surface area (Å²) in [6, 6.07) is 7.50. The highest BCUT2D eigenvalue weighted by molar-refractivity contribution is 5.90. The molecule has 2 aromatic heterocycles. The number of hydrogen-bond donors (Lipinski definition) is 1. The first-order valence-corrected chi connectivity index (χ1v) is 6.88. The second-order valence-corrected chi connectivity index (χ2v) is 4.64. The number of aryl methyl sites for hydroxylation is 2. The smallest absolute Gasteiger partial charge is 0.339 e. The van der Waals surface area contributed by atoms with Crippen LogP contribution in [-0.4, -0.2) is 23.0 Å². The van der Waals surface area contributed by atoms with Crippen molar-refractivity contribution in [3.8, 4) is 0 Å². The molecule has 2 rings (SSSR count). The van der Waals surface area contributed by atoms with Crippen LogP contribution in [0.3, 0.4) is 0 Å². The molecule has 110 valence electrons. The van der Waals surface area contributed by atoms with E-state index < -0.39 is 0 Å². The van der Waals surface area contributed by atoms with Gasteiger partial charge in [-0.3, -0.25) is 4.98 Å². The lowest BCUT2D eigenvalue weighted by Crippen LogP contribution is -2.09. The van der Waals surface area contributed by atoms with Crippen LogP contribution in [0, 0.1) is 6.92 Å². The topological polar surface area (TPSA) is 64.1 Å². The van der Waals surface area contributed by atoms with Crippen molar-refractivity contribution >= 4 is 11.8 Å². The number of rotatable bonds is 5. The molecule has 0 aliphatic heterocycles. The number of methoxy groups -OCH3 is 1. The maximum absolute atomic E-state index is 11.5. The Bertz CT molecular complexity index is 641. The number of carbonyl (C=O) groups excluding carboxylic acids is 1. The fraction of sp³-hybridized carbons (Fsp3) is 0.312. The minimum absolute atomic E-state index is 0.371. The molecule has 0 atom stereocenters. The Balaban J connectivity index is 2.10. The van der Waals surface area contributed by atoms with Gasteiger partial charge < -0.3 is 10.1 Å². The number of hydrogen-bond acceptors (Lipinski definition) is 5. The highest BCUT2D eigenvalue weighted by Crippen LogP contribution is 2.13. The lowest BCUT2D eigenvalue weighted by atomic mass is 10.1. The molecule has 0 saturated carbocycles. The Morgan fingerprint density at radius 3 is 2.81 bits per heavy atom. The van der Waals surface area contributed by atoms with E-state index >= 15 is 0 Å². The largest absolute Gasteiger partial charge is 0.465 e. The van der Waals surface area contributed by atoms with Gasteiger partial charge in [0.05, 0.1) is 30.6 Å². The van der Waals surface area contributed by atoms with Gasteiger partial charge in [0.2, 0.25) is 0 Å². The summed E-state index contributed by atoms with van der Waals surface area (Å²) in [6.07, 6.45) is 2.73. The number of esters is 1. The van der Waals surface area contributed by atoms with Crippen LogP contribution < -0.4 is 5.32 Å². The molecule has 0 spiro atoms. The molecule has 21 heavy (non-hydrogen) atoms. The molecule has 0 radical (unpaired) electrons. The van der Waals surface area contributed by atoms with Gasteiger partial charge in [0.15, 0.2) is 0 Å². The van der Waals surface area contributed by atoms with Crippen LogP contribution >= 0.6 is 0 Å². The average Bonchev–Trinajstić information content (AvgIpc) is 2.52. The Morgan fingerprint density at radius 1 is 1.33 bits per heavy atom. The average molecular weight is 285 g/mol. The third kappa shape index (κ3) is 3.56. The van der Waals surface area contributed by atoms with Crippen molar-refractivity contribution < 1.29 is 9.53 Å². The van der Waals surface area contributed by atoms with Gasteiger partial charge in [0.25, 0.3) is 0 Å². The van der Waals surface area contributed by atoms with Gasteiger partial charge >= 0.3 is 5.97 Å². The summed E-state index contributed by atoms with van der Waals surface area (Å²) in [5.74, 6) is 0.345. The van der Waals surface area contributed by atoms with Crippen LogP contribution in [0.5, 0.6) is 0 Å². The van der Waals surface area contributed by atoms with Crippen LogP contribution in [-0.2, 0) is 17.7 Å². The van der Waals surface area contributed by atoms with Crippen LogP contribution in [0.2, 0.25) is 0 Å². The van der Waals surface area contributed by atoms with Gasteiger partial charge in [-0.25, -0.2) is 9.78 Å². The van der Waals surface area contributed by atoms with Crippen LogP contribution in [0.25, 0.3) is 0 Å². The Kier molecular flexibility index (Phi) is 4.87. The summed E-state index contributed by atoms with van der Waals surface area (Å²) in [4.78, 5) is 20.3. The summed E-state index contributed by atoms with van der Waals surface area (Å²) in [6.45, 7) is 4.50. The van der Waals surface area contributed by atoms with Gasteiger partial charge in [-0.2, -0.15) is 0 Å². The van der Waals surface area contributed by atoms with Gasteiger partial charge in [-0.1, -0.05) is 13.0 Å². The van der Waals surface area contributed by atoms with E-state index in [1.54, 1.807) is 25.3 Å². The van der Waals surface area contributed by atoms with E-state index in [4.69, 9.17) is 4.74 Å². The first-order chi connectivity index (χ1) is 10.2. The van der Waals surface area contributed by atoms with Crippen LogP contribution in [0.4, 0.5) is 5.82 Å². The summed E-state index contributed by atoms with van der Waals surface area (Å²) >= 11 is 0. The van der Waals surface area contributed by atoms with E-state index in [1.807, 2.05) is 6.07 Å². The normalized spacial score (nSPS) is 10.2. The minimum atomic E-state index is -0.371. The molecule has 0 aromatic carbocycles. The molecule has 0 bridgehead atoms. The number of ether oxygens (including phenoxy) is 1. The van der Waals surface area contributed by atoms with E-state index in [-0.39, 0.29) is 5.97 Å². The van der Waals surface area contributed by atoms with E-state index in [9.17, 15) is 4.79 Å². The van der Waals surface area contributed by atoms with E-state index in [0.717, 1.165) is 12.1 Å². The fourth-order valence-corrected chi connectivity index (χ4v) is 2.11. The predicted molar refractivity (Wildman–Crippen MR) is 81.3 cm³/mol. The summed E-state index contributed by atoms with van der Waals surface area (Å²) in [5.41, 5.74) is 3.35. The van der Waals surface area contributed by atoms with Crippen molar-refractivity contribution in [3.05, 3.63) is 53.0 Å². The Hall–Kier alpha value is -2.43. The molecule has 5 heteroatoms. The number of aromatic nitrogens is 2. The summed E-state index contributed by atoms with van der Waals surface area (Å²) < 4.78 is 4.71. The summed E-state index contributed by atoms with van der Waals surface area (Å²) in [5, 5.41) is 3.23. The van der Waals surface area contributed by atoms with Crippen molar-refractivity contribution in [2.24, 2.45) is 0 Å². The SMILES string of the molecule is CCc1cccnc1CNc1ccc(C(=O)OC)c(C)n1. The molecular formula is C16H19N3O2. The zero-order chi connectivity index (χ0) is 15.2. The molecule has 0 amide bonds. The van der Waals surface area contributed by atoms with Crippen molar-refractivity contribution in [2.75, 3.05) is 12.4 Å². The third-order valence-corrected chi connectivity index (χ3v) is 3.29. The highest BCUT2D eigenvalue weighted by atomic mass is 16.5. The zero-order valence-electron chi connectivity index (χ0n) is 12.5. The van der Waals surface area contributed by atoms with E-state index in [2.05, 4.69) is 28.3 Å². The minimum Gasteiger partial charge on any atom is -0.465 e. The molecule has 0 aliphatic rings. The number of pyridine rings is 2. The zero-order valence-corrected chi connectivity index (χ0v) is 12.5. The lowest BCUT2D eigenvalue weighted by Gasteiger charge is -2.10. The van der Waals surface area contributed by atoms with Gasteiger partial charge in [0.1, 0.15) is 5.82 Å². The van der Waals surface area contributed by atoms with Crippen molar-refractivity contribution in [1.29, 1.82) is 0 Å². The number of carbonyl (C=O) groups is 1. The molecule has 0 aliphatic carbocycles. The number of nitrogens with zero attached hydrogens (tertiary/aromatic N) is 2. The maximum Gasteiger partial charge on any atom is 0.339 e. The molecule has 0 saturated heterocycles. The standard InChI is InChI=1S/C16H19N3O2/c1-4-12-6-5-9-17-14(12)10-18-15-8-7-13(11(2)19-15)16(20)21-3/h5-9H,4,10H2,1-3H3,(H,18,19). The van der Waals surface area contributed by atoms with Gasteiger partial charge in [-0.05, 0) is 37.1 Å². The molecule has 0 fully saturated rings. The first-order valence-electron chi connectivity index (χ1n) is 6.88. The number of anilines is 1. The predicted octanol–water partition coefficient (Wildman–Crippen LogP) is 2.75. The third-order valence-electron chi connectivity index (χ3n) is 3.29. The van der Waals surface area contributed by atoms with E-state index in [1.165, 1.54) is 12.7 Å². The quantitative estimate of drug-likeness (QED) is 0.856. The van der Waals surface area contributed by atoms with Crippen LogP contribution in [0.15, 0.2) is 30.5 Å². The molecule has 2 heterocycles. The molecule has 5 nitrogen and oxygen atoms in total. The molecular weight excluding hydrogens is 266 g/mol. The Labute approximate surface area is 124 Å². The second kappa shape index (κ2) is 6.83. The van der Waals surface area contributed by atoms with Crippen molar-refractivity contribution in [2.45, 2.75) is 26.8 Å². The Morgan fingerprint density at radius 2 is 2.14 bits per heavy atom. The molecule has 2 aromatic rings. The summed E-state index contributed by atoms with van der Waals surface area (Å²) in [7, 11) is 1.36. The van der Waals surface area contributed by atoms with E-state index in [0.29, 0.717) is 23.6 Å². The van der Waals surface area contributed by atoms with Gasteiger partial charge in [-0.15, -0.1) is 0 Å². The fourth-order valence-electron chi connectivity index (χ4n) is 2.11. The molecule has 0 unspecified atom stereocenters. The van der Waals surface area contributed by atoms with Crippen molar-refractivity contribution in [1.82, 2.24) is 9.97 Å². The highest BCUT2D eigenvalue weighted by Gasteiger charge is 2.10. The maximum atomic E-state index is 11.5. The second-order valence-electron chi connectivity index (χ2n) is 4.64.